The second-order valence-corrected chi connectivity index (χ2v) is 16.7. The van der Waals surface area contributed by atoms with Crippen molar-refractivity contribution in [1.29, 1.82) is 0 Å². The molecule has 0 aromatic rings. The van der Waals surface area contributed by atoms with E-state index in [-0.39, 0.29) is 12.5 Å². The molecule has 9 heteroatoms. The summed E-state index contributed by atoms with van der Waals surface area (Å²) in [5.74, 6) is -0.231. The maximum Gasteiger partial charge on any atom is 0.268 e. The van der Waals surface area contributed by atoms with E-state index in [9.17, 15) is 19.4 Å². The smallest absolute Gasteiger partial charge is 0.268 e. The van der Waals surface area contributed by atoms with Crippen LogP contribution in [0.25, 0.3) is 0 Å². The first-order valence-corrected chi connectivity index (χ1v) is 22.9. The molecule has 0 saturated carbocycles. The molecule has 0 rings (SSSR count). The van der Waals surface area contributed by atoms with Crippen molar-refractivity contribution in [1.82, 2.24) is 5.32 Å². The van der Waals surface area contributed by atoms with Gasteiger partial charge in [0.25, 0.3) is 7.82 Å². The number of carbonyl (C=O) groups excluding carboxylic acids is 1. The van der Waals surface area contributed by atoms with Gasteiger partial charge in [0.1, 0.15) is 13.2 Å². The number of hydrogen-bond donors (Lipinski definition) is 2. The summed E-state index contributed by atoms with van der Waals surface area (Å²) < 4.78 is 23.1. The topological polar surface area (TPSA) is 108 Å². The van der Waals surface area contributed by atoms with Crippen LogP contribution >= 0.6 is 7.82 Å². The summed E-state index contributed by atoms with van der Waals surface area (Å²) in [6.45, 7) is 4.44. The largest absolute Gasteiger partial charge is 0.756 e. The van der Waals surface area contributed by atoms with E-state index in [1.165, 1.54) is 32.1 Å². The number of aliphatic hydroxyl groups excluding tert-OH is 1. The Hall–Kier alpha value is -2.32. The summed E-state index contributed by atoms with van der Waals surface area (Å²) in [6, 6.07) is -0.921. The molecule has 3 atom stereocenters. The standard InChI is InChI=1S/C46H81N2O6P/c1-6-8-10-12-14-16-18-20-22-23-24-25-26-28-30-32-34-36-38-40-46(50)47-44(43-54-55(51,52)53-42-41-48(3,4)5)45(49)39-37-35-33-31-29-27-21-19-17-15-13-11-9-7-2/h8,10,14,16-17,19-20,22,24-25,29,31,37,39,44-45,49H,6-7,9,11-13,15,18,21,23,26-28,30,32-36,38,40-43H2,1-5H3,(H-,47,50,51,52)/b10-8-,16-14-,19-17+,22-20-,25-24-,31-29+,39-37+. The van der Waals surface area contributed by atoms with Gasteiger partial charge in [-0.25, -0.2) is 0 Å². The molecule has 0 saturated heterocycles. The molecule has 0 aromatic carbocycles. The van der Waals surface area contributed by atoms with E-state index in [0.717, 1.165) is 96.3 Å². The number of amides is 1. The fourth-order valence-corrected chi connectivity index (χ4v) is 6.13. The predicted octanol–water partition coefficient (Wildman–Crippen LogP) is 11.2. The van der Waals surface area contributed by atoms with Gasteiger partial charge in [-0.1, -0.05) is 144 Å². The van der Waals surface area contributed by atoms with Crippen molar-refractivity contribution < 1.29 is 32.9 Å². The molecular weight excluding hydrogens is 707 g/mol. The van der Waals surface area contributed by atoms with Gasteiger partial charge in [-0.2, -0.15) is 0 Å². The molecule has 0 aromatic heterocycles. The van der Waals surface area contributed by atoms with Crippen molar-refractivity contribution in [2.45, 2.75) is 161 Å². The summed E-state index contributed by atoms with van der Waals surface area (Å²) in [7, 11) is 1.21. The Kier molecular flexibility index (Phi) is 35.7. The number of aliphatic hydroxyl groups is 1. The molecule has 0 aliphatic carbocycles. The summed E-state index contributed by atoms with van der Waals surface area (Å²) >= 11 is 0. The van der Waals surface area contributed by atoms with E-state index in [1.54, 1.807) is 6.08 Å². The Morgan fingerprint density at radius 2 is 1.13 bits per heavy atom. The first-order chi connectivity index (χ1) is 26.5. The Labute approximate surface area is 337 Å². The van der Waals surface area contributed by atoms with Gasteiger partial charge in [0.15, 0.2) is 0 Å². The first kappa shape index (κ1) is 52.7. The maximum absolute atomic E-state index is 12.8. The number of allylic oxidation sites excluding steroid dienone is 13. The number of carbonyl (C=O) groups is 1. The van der Waals surface area contributed by atoms with Crippen LogP contribution < -0.4 is 10.2 Å². The highest BCUT2D eigenvalue weighted by molar-refractivity contribution is 7.45. The predicted molar refractivity (Wildman–Crippen MR) is 233 cm³/mol. The second kappa shape index (κ2) is 37.3. The van der Waals surface area contributed by atoms with Gasteiger partial charge in [0, 0.05) is 6.42 Å². The number of rotatable bonds is 37. The fourth-order valence-electron chi connectivity index (χ4n) is 5.41. The van der Waals surface area contributed by atoms with Crippen LogP contribution in [-0.2, 0) is 18.4 Å². The normalized spacial score (nSPS) is 15.3. The van der Waals surface area contributed by atoms with E-state index < -0.39 is 26.6 Å². The van der Waals surface area contributed by atoms with Crippen LogP contribution in [0.1, 0.15) is 149 Å². The van der Waals surface area contributed by atoms with E-state index in [0.29, 0.717) is 17.4 Å². The highest BCUT2D eigenvalue weighted by Crippen LogP contribution is 2.38. The molecule has 316 valence electrons. The molecule has 0 aliphatic heterocycles. The van der Waals surface area contributed by atoms with E-state index in [4.69, 9.17) is 9.05 Å². The molecule has 0 bridgehead atoms. The first-order valence-electron chi connectivity index (χ1n) is 21.4. The quantitative estimate of drug-likeness (QED) is 0.0281. The zero-order valence-corrected chi connectivity index (χ0v) is 36.5. The Morgan fingerprint density at radius 1 is 0.655 bits per heavy atom. The molecule has 1 amide bonds. The number of phosphoric ester groups is 1. The van der Waals surface area contributed by atoms with Crippen molar-refractivity contribution in [3.63, 3.8) is 0 Å². The molecule has 8 nitrogen and oxygen atoms in total. The van der Waals surface area contributed by atoms with Gasteiger partial charge >= 0.3 is 0 Å². The van der Waals surface area contributed by atoms with Gasteiger partial charge in [-0.3, -0.25) is 9.36 Å². The van der Waals surface area contributed by atoms with E-state index in [2.05, 4.69) is 92.1 Å². The van der Waals surface area contributed by atoms with Gasteiger partial charge < -0.3 is 28.8 Å². The summed E-state index contributed by atoms with van der Waals surface area (Å²) in [5, 5.41) is 13.7. The average Bonchev–Trinajstić information content (AvgIpc) is 3.13. The van der Waals surface area contributed by atoms with Crippen LogP contribution in [0, 0.1) is 0 Å². The number of quaternary nitrogens is 1. The van der Waals surface area contributed by atoms with Crippen molar-refractivity contribution in [3.05, 3.63) is 85.1 Å². The highest BCUT2D eigenvalue weighted by atomic mass is 31.2. The fraction of sp³-hybridized carbons (Fsp3) is 0.674. The third-order valence-corrected chi connectivity index (χ3v) is 9.78. The number of hydrogen-bond acceptors (Lipinski definition) is 6. The monoisotopic (exact) mass is 789 g/mol. The van der Waals surface area contributed by atoms with Crippen molar-refractivity contribution in [2.24, 2.45) is 0 Å². The molecule has 2 N–H and O–H groups in total. The van der Waals surface area contributed by atoms with Crippen molar-refractivity contribution in [3.8, 4) is 0 Å². The zero-order valence-electron chi connectivity index (χ0n) is 35.6. The number of nitrogens with zero attached hydrogens (tertiary/aromatic N) is 1. The van der Waals surface area contributed by atoms with E-state index >= 15 is 0 Å². The summed E-state index contributed by atoms with van der Waals surface area (Å²) in [6.07, 6.45) is 50.5. The number of likely N-dealkylation sites (N-methyl/N-ethyl adjacent to an activating group) is 1. The van der Waals surface area contributed by atoms with Crippen LogP contribution in [0.2, 0.25) is 0 Å². The third kappa shape index (κ3) is 39.7. The van der Waals surface area contributed by atoms with Crippen LogP contribution in [0.5, 0.6) is 0 Å². The zero-order chi connectivity index (χ0) is 40.7. The van der Waals surface area contributed by atoms with Crippen molar-refractivity contribution in [2.75, 3.05) is 40.9 Å². The van der Waals surface area contributed by atoms with Gasteiger partial charge in [-0.15, -0.1) is 0 Å². The molecule has 3 unspecified atom stereocenters. The second-order valence-electron chi connectivity index (χ2n) is 15.3. The number of nitrogens with one attached hydrogen (secondary N) is 1. The Morgan fingerprint density at radius 3 is 1.69 bits per heavy atom. The van der Waals surface area contributed by atoms with Crippen LogP contribution in [0.4, 0.5) is 0 Å². The minimum Gasteiger partial charge on any atom is -0.756 e. The lowest BCUT2D eigenvalue weighted by atomic mass is 10.1. The van der Waals surface area contributed by atoms with Gasteiger partial charge in [0.2, 0.25) is 5.91 Å². The van der Waals surface area contributed by atoms with E-state index in [1.807, 2.05) is 27.2 Å². The molecule has 0 spiro atoms. The summed E-state index contributed by atoms with van der Waals surface area (Å²) in [5.41, 5.74) is 0. The lowest BCUT2D eigenvalue weighted by molar-refractivity contribution is -0.870. The molecule has 0 fully saturated rings. The SMILES string of the molecule is CC/C=C\C/C=C\C/C=C\C/C=C\CCCCCCCCC(=O)NC(COP(=O)([O-])OCC[N+](C)(C)C)C(O)/C=C/CC/C=C/CC/C=C/CCCCCC. The minimum absolute atomic E-state index is 0.0168. The van der Waals surface area contributed by atoms with Gasteiger partial charge in [-0.05, 0) is 83.5 Å². The minimum atomic E-state index is -4.61. The summed E-state index contributed by atoms with van der Waals surface area (Å²) in [4.78, 5) is 25.3. The van der Waals surface area contributed by atoms with Crippen molar-refractivity contribution >= 4 is 13.7 Å². The van der Waals surface area contributed by atoms with Crippen LogP contribution in [-0.4, -0.2) is 68.5 Å². The van der Waals surface area contributed by atoms with Crippen LogP contribution in [0.3, 0.4) is 0 Å². The molecule has 0 heterocycles. The van der Waals surface area contributed by atoms with Crippen LogP contribution in [0.15, 0.2) is 85.1 Å². The lowest BCUT2D eigenvalue weighted by Gasteiger charge is -2.29. The number of unbranched alkanes of at least 4 members (excludes halogenated alkanes) is 12. The molecule has 0 radical (unpaired) electrons. The molecule has 55 heavy (non-hydrogen) atoms. The highest BCUT2D eigenvalue weighted by Gasteiger charge is 2.23. The Bertz CT molecular complexity index is 1170. The third-order valence-electron chi connectivity index (χ3n) is 8.82. The average molecular weight is 789 g/mol. The molecule has 0 aliphatic rings. The lowest BCUT2D eigenvalue weighted by Crippen LogP contribution is -2.45. The number of phosphoric acid groups is 1. The molecular formula is C46H81N2O6P. The Balaban J connectivity index is 4.55. The van der Waals surface area contributed by atoms with Gasteiger partial charge in [0.05, 0.1) is 39.9 Å². The maximum atomic E-state index is 12.8.